The second-order valence-electron chi connectivity index (χ2n) is 4.13. The standard InChI is InChI=1S/C10H27IN5O3/c1-5-8(3)15-16(4)18-10(17-13)11-19-14-7-9(12)6-2/h8-10,14-15H,5-7,12-13H2,1-4H3/q-1. The summed E-state index contributed by atoms with van der Waals surface area (Å²) in [5.41, 5.74) is 11.6. The maximum atomic E-state index is 5.74. The molecule has 3 atom stereocenters. The number of hydrogen-bond donors (Lipinski definition) is 4. The van der Waals surface area contributed by atoms with Gasteiger partial charge in [0.2, 0.25) is 0 Å². The van der Waals surface area contributed by atoms with Crippen molar-refractivity contribution in [3.63, 3.8) is 0 Å². The molecule has 0 aliphatic carbocycles. The third-order valence-electron chi connectivity index (χ3n) is 2.40. The number of nitrogens with two attached hydrogens (primary N) is 2. The molecular weight excluding hydrogens is 365 g/mol. The molecule has 0 aromatic rings. The number of halogens is 1. The van der Waals surface area contributed by atoms with Crippen LogP contribution in [0.3, 0.4) is 0 Å². The minimum absolute atomic E-state index is 0.0805. The van der Waals surface area contributed by atoms with Gasteiger partial charge in [-0.3, -0.25) is 0 Å². The number of hydrogen-bond acceptors (Lipinski definition) is 8. The van der Waals surface area contributed by atoms with E-state index in [0.29, 0.717) is 12.6 Å². The van der Waals surface area contributed by atoms with Crippen molar-refractivity contribution >= 4 is 0 Å². The summed E-state index contributed by atoms with van der Waals surface area (Å²) < 4.78 is 4.69. The number of nitrogens with one attached hydrogen (secondary N) is 2. The van der Waals surface area contributed by atoms with Crippen LogP contribution < -0.4 is 44.2 Å². The van der Waals surface area contributed by atoms with E-state index in [2.05, 4.69) is 24.8 Å². The molecule has 0 amide bonds. The van der Waals surface area contributed by atoms with E-state index in [1.54, 1.807) is 7.05 Å². The quantitative estimate of drug-likeness (QED) is 0.0895. The van der Waals surface area contributed by atoms with Crippen LogP contribution in [0.2, 0.25) is 0 Å². The summed E-state index contributed by atoms with van der Waals surface area (Å²) in [5.74, 6) is 5.17. The van der Waals surface area contributed by atoms with Gasteiger partial charge in [0.1, 0.15) is 0 Å². The summed E-state index contributed by atoms with van der Waals surface area (Å²) in [6.45, 7) is 6.75. The third kappa shape index (κ3) is 10.8. The van der Waals surface area contributed by atoms with Crippen LogP contribution in [0.5, 0.6) is 0 Å². The monoisotopic (exact) mass is 392 g/mol. The Morgan fingerprint density at radius 1 is 1.32 bits per heavy atom. The minimum atomic E-state index is -0.860. The third-order valence-corrected chi connectivity index (χ3v) is 3.91. The van der Waals surface area contributed by atoms with Crippen molar-refractivity contribution in [2.45, 2.75) is 50.0 Å². The zero-order valence-corrected chi connectivity index (χ0v) is 14.2. The van der Waals surface area contributed by atoms with E-state index >= 15 is 0 Å². The first-order chi connectivity index (χ1) is 9.03. The van der Waals surface area contributed by atoms with Gasteiger partial charge in [-0.25, -0.2) is 0 Å². The van der Waals surface area contributed by atoms with Crippen molar-refractivity contribution in [1.29, 1.82) is 0 Å². The van der Waals surface area contributed by atoms with E-state index in [1.807, 2.05) is 6.92 Å². The Bertz CT molecular complexity index is 216. The van der Waals surface area contributed by atoms with Crippen LogP contribution in [0, 0.1) is 0 Å². The summed E-state index contributed by atoms with van der Waals surface area (Å²) in [5, 5.41) is 1.49. The molecule has 0 aliphatic rings. The van der Waals surface area contributed by atoms with Gasteiger partial charge in [0, 0.05) is 0 Å². The van der Waals surface area contributed by atoms with Crippen LogP contribution in [0.1, 0.15) is 33.6 Å². The molecule has 0 rings (SSSR count). The van der Waals surface area contributed by atoms with E-state index in [4.69, 9.17) is 24.5 Å². The first-order valence-corrected chi connectivity index (χ1v) is 8.46. The fraction of sp³-hybridized carbons (Fsp3) is 1.00. The van der Waals surface area contributed by atoms with Gasteiger partial charge in [-0.05, 0) is 0 Å². The number of nitrogens with zero attached hydrogens (tertiary/aromatic N) is 1. The van der Waals surface area contributed by atoms with Crippen molar-refractivity contribution in [3.8, 4) is 0 Å². The summed E-state index contributed by atoms with van der Waals surface area (Å²) in [6, 6.07) is 0.389. The molecule has 0 saturated carbocycles. The van der Waals surface area contributed by atoms with Crippen molar-refractivity contribution in [2.24, 2.45) is 11.6 Å². The Hall–Kier alpha value is 0.410. The van der Waals surface area contributed by atoms with Gasteiger partial charge in [0.25, 0.3) is 0 Å². The normalized spacial score (nSPS) is 16.8. The number of rotatable bonds is 12. The summed E-state index contributed by atoms with van der Waals surface area (Å²) in [6.07, 6.45) is 1.88. The van der Waals surface area contributed by atoms with Crippen LogP contribution in [-0.2, 0) is 12.8 Å². The zero-order chi connectivity index (χ0) is 14.7. The zero-order valence-electron chi connectivity index (χ0n) is 12.1. The number of alkyl halides is 1. The molecule has 0 aromatic heterocycles. The molecule has 0 radical (unpaired) electrons. The summed E-state index contributed by atoms with van der Waals surface area (Å²) in [7, 11) is 1.75. The average molecular weight is 392 g/mol. The Balaban J connectivity index is 3.75. The van der Waals surface area contributed by atoms with Crippen LogP contribution in [0.4, 0.5) is 0 Å². The van der Waals surface area contributed by atoms with Gasteiger partial charge in [-0.15, -0.1) is 0 Å². The van der Waals surface area contributed by atoms with Gasteiger partial charge in [0.15, 0.2) is 0 Å². The predicted octanol–water partition coefficient (Wildman–Crippen LogP) is -3.41. The summed E-state index contributed by atoms with van der Waals surface area (Å²) >= 11 is -0.860. The van der Waals surface area contributed by atoms with E-state index < -0.39 is 25.9 Å². The molecule has 0 aromatic carbocycles. The van der Waals surface area contributed by atoms with Gasteiger partial charge in [-0.1, -0.05) is 0 Å². The molecule has 0 spiro atoms. The van der Waals surface area contributed by atoms with Crippen LogP contribution in [-0.4, -0.2) is 35.1 Å². The molecule has 0 saturated heterocycles. The molecule has 0 aliphatic heterocycles. The van der Waals surface area contributed by atoms with Crippen molar-refractivity contribution in [2.75, 3.05) is 13.6 Å². The van der Waals surface area contributed by atoms with Crippen molar-refractivity contribution in [3.05, 3.63) is 0 Å². The molecule has 118 valence electrons. The Kier molecular flexibility index (Phi) is 12.4. The molecule has 0 heterocycles. The van der Waals surface area contributed by atoms with E-state index in [-0.39, 0.29) is 6.04 Å². The molecule has 19 heavy (non-hydrogen) atoms. The van der Waals surface area contributed by atoms with Gasteiger partial charge < -0.3 is 0 Å². The molecule has 0 fully saturated rings. The van der Waals surface area contributed by atoms with Gasteiger partial charge in [0.05, 0.1) is 0 Å². The van der Waals surface area contributed by atoms with Gasteiger partial charge >= 0.3 is 126 Å². The first-order valence-electron chi connectivity index (χ1n) is 6.33. The molecule has 0 bridgehead atoms. The molecular formula is C10H27IN5O3-. The van der Waals surface area contributed by atoms with Crippen LogP contribution in [0.15, 0.2) is 0 Å². The van der Waals surface area contributed by atoms with Crippen molar-refractivity contribution < 1.29 is 34.5 Å². The van der Waals surface area contributed by atoms with E-state index in [1.165, 1.54) is 5.17 Å². The fourth-order valence-corrected chi connectivity index (χ4v) is 2.09. The van der Waals surface area contributed by atoms with Gasteiger partial charge in [-0.2, -0.15) is 0 Å². The molecule has 3 unspecified atom stereocenters. The predicted molar refractivity (Wildman–Crippen MR) is 68.2 cm³/mol. The summed E-state index contributed by atoms with van der Waals surface area (Å²) in [4.78, 5) is 10.2. The number of hydrazine groups is 1. The van der Waals surface area contributed by atoms with Crippen LogP contribution in [0.25, 0.3) is 0 Å². The van der Waals surface area contributed by atoms with Crippen molar-refractivity contribution in [1.82, 2.24) is 16.1 Å². The second-order valence-corrected chi connectivity index (χ2v) is 6.10. The molecule has 8 nitrogen and oxygen atoms in total. The molecule has 9 heteroatoms. The fourth-order valence-electron chi connectivity index (χ4n) is 0.969. The average Bonchev–Trinajstić information content (AvgIpc) is 2.41. The Labute approximate surface area is 126 Å². The first kappa shape index (κ1) is 19.4. The topological polar surface area (TPSA) is 107 Å². The van der Waals surface area contributed by atoms with Crippen LogP contribution >= 0.6 is 0 Å². The van der Waals surface area contributed by atoms with E-state index in [0.717, 1.165) is 12.8 Å². The SMILES string of the molecule is CCC(N)CNO[I-]C(ON)ON(C)NC(C)CC. The maximum absolute atomic E-state index is 5.74. The Morgan fingerprint density at radius 2 is 2.00 bits per heavy atom. The molecule has 6 N–H and O–H groups in total. The Morgan fingerprint density at radius 3 is 2.53 bits per heavy atom. The second kappa shape index (κ2) is 12.2. The number of hydroxylamine groups is 2. The van der Waals surface area contributed by atoms with E-state index in [9.17, 15) is 0 Å².